The lowest BCUT2D eigenvalue weighted by molar-refractivity contribution is -0.186. The van der Waals surface area contributed by atoms with Crippen LogP contribution in [0.5, 0.6) is 0 Å². The average molecular weight is 534 g/mol. The van der Waals surface area contributed by atoms with Crippen molar-refractivity contribution in [2.24, 2.45) is 0 Å². The summed E-state index contributed by atoms with van der Waals surface area (Å²) >= 11 is 0. The van der Waals surface area contributed by atoms with Gasteiger partial charge in [-0.25, -0.2) is 9.59 Å². The quantitative estimate of drug-likeness (QED) is 0.220. The van der Waals surface area contributed by atoms with E-state index in [1.807, 2.05) is 0 Å². The molecule has 0 aromatic heterocycles. The van der Waals surface area contributed by atoms with Crippen molar-refractivity contribution < 1.29 is 46.9 Å². The lowest BCUT2D eigenvalue weighted by atomic mass is 10.1. The van der Waals surface area contributed by atoms with E-state index in [1.165, 1.54) is 6.92 Å². The summed E-state index contributed by atoms with van der Waals surface area (Å²) in [5, 5.41) is 0. The molecule has 0 saturated carbocycles. The number of ether oxygens (including phenoxy) is 4. The topological polar surface area (TPSA) is 124 Å². The normalized spacial score (nSPS) is 21.3. The number of esters is 3. The molecular weight excluding hydrogens is 503 g/mol. The van der Waals surface area contributed by atoms with E-state index in [0.29, 0.717) is 0 Å². The van der Waals surface area contributed by atoms with Gasteiger partial charge in [0.1, 0.15) is 6.10 Å². The highest BCUT2D eigenvalue weighted by Gasteiger charge is 2.52. The molecule has 1 fully saturated rings. The van der Waals surface area contributed by atoms with Gasteiger partial charge in [0.15, 0.2) is 6.10 Å². The maximum absolute atomic E-state index is 13.0. The Balaban J connectivity index is 1.89. The van der Waals surface area contributed by atoms with E-state index in [4.69, 9.17) is 28.0 Å². The molecule has 0 radical (unpaired) electrons. The van der Waals surface area contributed by atoms with Crippen LogP contribution in [0.3, 0.4) is 0 Å². The van der Waals surface area contributed by atoms with Crippen LogP contribution in [0.2, 0.25) is 0 Å². The standard InChI is InChI=1S/C26H31O10P/c1-4-31-37(30,32-5-2)17-16-21-22(35-24(28)19-12-8-6-9-13-19)23(26(34-21)33-18(3)27)36-25(29)20-14-10-7-11-15-20/h6-15,21-23,26H,4-5,16-17H2,1-3H3/t21-,22-,23-,26-/m1/s1. The first kappa shape index (κ1) is 28.5. The number of carbonyl (C=O) groups is 3. The molecule has 3 rings (SSSR count). The second-order valence-electron chi connectivity index (χ2n) is 8.08. The second-order valence-corrected chi connectivity index (χ2v) is 10.3. The fourth-order valence-corrected chi connectivity index (χ4v) is 5.52. The Bertz CT molecular complexity index is 1080. The number of hydrogen-bond donors (Lipinski definition) is 0. The molecular formula is C26H31O10P. The first-order valence-corrected chi connectivity index (χ1v) is 13.7. The van der Waals surface area contributed by atoms with Crippen molar-refractivity contribution in [1.29, 1.82) is 0 Å². The van der Waals surface area contributed by atoms with Crippen molar-refractivity contribution in [3.05, 3.63) is 71.8 Å². The van der Waals surface area contributed by atoms with Gasteiger partial charge in [-0.05, 0) is 44.5 Å². The van der Waals surface area contributed by atoms with Gasteiger partial charge in [-0.15, -0.1) is 0 Å². The molecule has 10 nitrogen and oxygen atoms in total. The van der Waals surface area contributed by atoms with Crippen LogP contribution >= 0.6 is 7.60 Å². The summed E-state index contributed by atoms with van der Waals surface area (Å²) in [7, 11) is -3.47. The van der Waals surface area contributed by atoms with E-state index in [1.54, 1.807) is 74.5 Å². The van der Waals surface area contributed by atoms with Crippen molar-refractivity contribution >= 4 is 25.5 Å². The molecule has 11 heteroatoms. The Morgan fingerprint density at radius 3 is 1.73 bits per heavy atom. The molecule has 0 spiro atoms. The van der Waals surface area contributed by atoms with Gasteiger partial charge >= 0.3 is 25.5 Å². The largest absolute Gasteiger partial charge is 0.452 e. The molecule has 1 saturated heterocycles. The van der Waals surface area contributed by atoms with Gasteiger partial charge in [-0.3, -0.25) is 9.36 Å². The lowest BCUT2D eigenvalue weighted by Crippen LogP contribution is -2.41. The Morgan fingerprint density at radius 2 is 1.27 bits per heavy atom. The van der Waals surface area contributed by atoms with Crippen LogP contribution in [-0.2, 0) is 37.4 Å². The highest BCUT2D eigenvalue weighted by Crippen LogP contribution is 2.49. The molecule has 0 N–H and O–H groups in total. The maximum atomic E-state index is 13.0. The van der Waals surface area contributed by atoms with E-state index >= 15 is 0 Å². The predicted molar refractivity (Wildman–Crippen MR) is 132 cm³/mol. The average Bonchev–Trinajstić information content (AvgIpc) is 3.19. The Morgan fingerprint density at radius 1 is 0.784 bits per heavy atom. The number of carbonyl (C=O) groups excluding carboxylic acids is 3. The molecule has 0 amide bonds. The van der Waals surface area contributed by atoms with Gasteiger partial charge in [0.25, 0.3) is 0 Å². The van der Waals surface area contributed by atoms with Crippen LogP contribution in [0.1, 0.15) is 47.9 Å². The van der Waals surface area contributed by atoms with Gasteiger partial charge in [0.05, 0.1) is 30.5 Å². The third kappa shape index (κ3) is 7.97. The van der Waals surface area contributed by atoms with Crippen molar-refractivity contribution in [1.82, 2.24) is 0 Å². The zero-order valence-corrected chi connectivity index (χ0v) is 21.8. The van der Waals surface area contributed by atoms with Crippen molar-refractivity contribution in [3.63, 3.8) is 0 Å². The van der Waals surface area contributed by atoms with Crippen molar-refractivity contribution in [2.45, 2.75) is 51.8 Å². The zero-order valence-electron chi connectivity index (χ0n) is 20.9. The van der Waals surface area contributed by atoms with E-state index < -0.39 is 50.1 Å². The zero-order chi connectivity index (χ0) is 26.8. The van der Waals surface area contributed by atoms with Gasteiger partial charge in [0, 0.05) is 6.92 Å². The van der Waals surface area contributed by atoms with Crippen LogP contribution in [0.15, 0.2) is 60.7 Å². The predicted octanol–water partition coefficient (Wildman–Crippen LogP) is 4.38. The summed E-state index contributed by atoms with van der Waals surface area (Å²) in [6, 6.07) is 16.4. The minimum atomic E-state index is -3.47. The van der Waals surface area contributed by atoms with Crippen molar-refractivity contribution in [3.8, 4) is 0 Å². The SMILES string of the molecule is CCOP(=O)(CC[C@H]1O[C@@H](OC(C)=O)[C@H](OC(=O)c2ccccc2)[C@@H]1OC(=O)c1ccccc1)OCC. The maximum Gasteiger partial charge on any atom is 0.338 e. The number of benzene rings is 2. The van der Waals surface area contributed by atoms with Crippen LogP contribution in [0.4, 0.5) is 0 Å². The van der Waals surface area contributed by atoms with Crippen LogP contribution in [0.25, 0.3) is 0 Å². The van der Waals surface area contributed by atoms with Crippen LogP contribution < -0.4 is 0 Å². The van der Waals surface area contributed by atoms with E-state index in [9.17, 15) is 18.9 Å². The van der Waals surface area contributed by atoms with Gasteiger partial charge in [-0.1, -0.05) is 36.4 Å². The summed E-state index contributed by atoms with van der Waals surface area (Å²) < 4.78 is 46.3. The number of hydrogen-bond acceptors (Lipinski definition) is 10. The minimum absolute atomic E-state index is 0.0428. The molecule has 0 aliphatic carbocycles. The summed E-state index contributed by atoms with van der Waals surface area (Å²) in [5.74, 6) is -2.10. The molecule has 1 heterocycles. The minimum Gasteiger partial charge on any atom is -0.452 e. The van der Waals surface area contributed by atoms with Crippen molar-refractivity contribution in [2.75, 3.05) is 19.4 Å². The van der Waals surface area contributed by atoms with E-state index in [0.717, 1.165) is 0 Å². The van der Waals surface area contributed by atoms with Crippen LogP contribution in [0, 0.1) is 0 Å². The molecule has 37 heavy (non-hydrogen) atoms. The smallest absolute Gasteiger partial charge is 0.338 e. The first-order chi connectivity index (χ1) is 17.8. The third-order valence-electron chi connectivity index (χ3n) is 5.39. The molecule has 1 aliphatic heterocycles. The highest BCUT2D eigenvalue weighted by atomic mass is 31.2. The van der Waals surface area contributed by atoms with Gasteiger partial charge < -0.3 is 28.0 Å². The third-order valence-corrected chi connectivity index (χ3v) is 7.50. The molecule has 2 aromatic carbocycles. The molecule has 0 unspecified atom stereocenters. The molecule has 2 aromatic rings. The lowest BCUT2D eigenvalue weighted by Gasteiger charge is -2.24. The first-order valence-electron chi connectivity index (χ1n) is 12.0. The fraction of sp³-hybridized carbons (Fsp3) is 0.423. The fourth-order valence-electron chi connectivity index (χ4n) is 3.83. The molecule has 1 aliphatic rings. The summed E-state index contributed by atoms with van der Waals surface area (Å²) in [6.45, 7) is 4.90. The van der Waals surface area contributed by atoms with Gasteiger partial charge in [0.2, 0.25) is 12.4 Å². The Hall–Kier alpha value is -3.04. The molecule has 0 bridgehead atoms. The summed E-state index contributed by atoms with van der Waals surface area (Å²) in [6.07, 6.45) is -4.79. The Labute approximate surface area is 215 Å². The van der Waals surface area contributed by atoms with Gasteiger partial charge in [-0.2, -0.15) is 0 Å². The summed E-state index contributed by atoms with van der Waals surface area (Å²) in [5.41, 5.74) is 0.512. The monoisotopic (exact) mass is 534 g/mol. The molecule has 200 valence electrons. The van der Waals surface area contributed by atoms with E-state index in [-0.39, 0.29) is 36.9 Å². The summed E-state index contributed by atoms with van der Waals surface area (Å²) in [4.78, 5) is 37.6. The second kappa shape index (κ2) is 13.5. The van der Waals surface area contributed by atoms with E-state index in [2.05, 4.69) is 0 Å². The molecule has 4 atom stereocenters. The number of rotatable bonds is 12. The van der Waals surface area contributed by atoms with Crippen LogP contribution in [-0.4, -0.2) is 61.9 Å². The highest BCUT2D eigenvalue weighted by molar-refractivity contribution is 7.53. The Kier molecular flexibility index (Phi) is 10.4.